The smallest absolute Gasteiger partial charge is 0.119 e. The molecule has 0 aliphatic carbocycles. The van der Waals surface area contributed by atoms with Gasteiger partial charge in [0.15, 0.2) is 0 Å². The fourth-order valence-corrected chi connectivity index (χ4v) is 1.89. The number of aryl methyl sites for hydroxylation is 2. The van der Waals surface area contributed by atoms with Crippen LogP contribution in [0.1, 0.15) is 36.5 Å². The van der Waals surface area contributed by atoms with E-state index >= 15 is 0 Å². The minimum absolute atomic E-state index is 0. The molecular formula is C20H34O3P2. The van der Waals surface area contributed by atoms with Crippen molar-refractivity contribution in [2.45, 2.75) is 39.7 Å². The molecule has 0 aliphatic rings. The number of hydrogen-bond donors (Lipinski definition) is 2. The van der Waals surface area contributed by atoms with Crippen LogP contribution in [-0.4, -0.2) is 23.4 Å². The molecule has 0 spiro atoms. The van der Waals surface area contributed by atoms with E-state index in [0.29, 0.717) is 13.2 Å². The summed E-state index contributed by atoms with van der Waals surface area (Å²) in [5, 5.41) is 16.7. The monoisotopic (exact) mass is 384 g/mol. The second-order valence-electron chi connectivity index (χ2n) is 5.47. The summed E-state index contributed by atoms with van der Waals surface area (Å²) in [7, 11) is 0. The fraction of sp³-hybridized carbons (Fsp3) is 0.400. The van der Waals surface area contributed by atoms with E-state index in [0.717, 1.165) is 25.0 Å². The van der Waals surface area contributed by atoms with Gasteiger partial charge >= 0.3 is 0 Å². The van der Waals surface area contributed by atoms with Gasteiger partial charge in [0.05, 0.1) is 0 Å². The van der Waals surface area contributed by atoms with E-state index in [2.05, 4.69) is 43.3 Å². The molecule has 0 saturated heterocycles. The van der Waals surface area contributed by atoms with Crippen molar-refractivity contribution in [2.75, 3.05) is 13.2 Å². The SMILES string of the molecule is CCCO.Cc1ccc(COc2ccc(CCCO)cc2)cc1.P.P. The van der Waals surface area contributed by atoms with E-state index in [1.54, 1.807) is 0 Å². The Kier molecular flexibility index (Phi) is 17.3. The van der Waals surface area contributed by atoms with Gasteiger partial charge in [-0.3, -0.25) is 0 Å². The summed E-state index contributed by atoms with van der Waals surface area (Å²) in [6, 6.07) is 16.4. The molecule has 2 aromatic rings. The van der Waals surface area contributed by atoms with Gasteiger partial charge in [-0.15, -0.1) is 0 Å². The van der Waals surface area contributed by atoms with Gasteiger partial charge in [0, 0.05) is 13.2 Å². The Hall–Kier alpha value is -0.980. The van der Waals surface area contributed by atoms with Crippen LogP contribution in [0.3, 0.4) is 0 Å². The lowest BCUT2D eigenvalue weighted by atomic mass is 10.1. The first-order chi connectivity index (χ1) is 11.2. The standard InChI is InChI=1S/C17H20O2.C3H8O.2H3P/c1-14-4-6-16(7-5-14)13-19-17-10-8-15(9-11-17)3-2-12-18;1-2-3-4;;/h4-11,18H,2-3,12-13H2,1H3;4H,2-3H2,1H3;2*1H3. The van der Waals surface area contributed by atoms with Crippen molar-refractivity contribution in [3.05, 3.63) is 65.2 Å². The number of benzene rings is 2. The number of rotatable bonds is 7. The highest BCUT2D eigenvalue weighted by molar-refractivity contribution is 6.92. The van der Waals surface area contributed by atoms with Crippen LogP contribution in [0.25, 0.3) is 0 Å². The number of aliphatic hydroxyl groups excluding tert-OH is 2. The van der Waals surface area contributed by atoms with Crippen molar-refractivity contribution in [3.8, 4) is 5.75 Å². The molecule has 2 N–H and O–H groups in total. The van der Waals surface area contributed by atoms with Crippen LogP contribution in [0.15, 0.2) is 48.5 Å². The van der Waals surface area contributed by atoms with Crippen molar-refractivity contribution >= 4 is 19.8 Å². The third kappa shape index (κ3) is 12.1. The van der Waals surface area contributed by atoms with Crippen molar-refractivity contribution in [3.63, 3.8) is 0 Å². The van der Waals surface area contributed by atoms with E-state index in [-0.39, 0.29) is 26.4 Å². The molecule has 0 amide bonds. The summed E-state index contributed by atoms with van der Waals surface area (Å²) < 4.78 is 5.74. The average Bonchev–Trinajstić information content (AvgIpc) is 2.60. The molecule has 142 valence electrons. The van der Waals surface area contributed by atoms with E-state index in [1.807, 2.05) is 19.1 Å². The maximum Gasteiger partial charge on any atom is 0.119 e. The van der Waals surface area contributed by atoms with E-state index < -0.39 is 0 Å². The van der Waals surface area contributed by atoms with Crippen LogP contribution in [-0.2, 0) is 13.0 Å². The topological polar surface area (TPSA) is 49.7 Å². The van der Waals surface area contributed by atoms with E-state index in [9.17, 15) is 0 Å². The molecular weight excluding hydrogens is 350 g/mol. The Bertz CT molecular complexity index is 526. The maximum absolute atomic E-state index is 8.79. The van der Waals surface area contributed by atoms with Crippen molar-refractivity contribution in [2.24, 2.45) is 0 Å². The lowest BCUT2D eigenvalue weighted by molar-refractivity contribution is 0.288. The number of aliphatic hydroxyl groups is 2. The van der Waals surface area contributed by atoms with Crippen LogP contribution in [0, 0.1) is 6.92 Å². The molecule has 0 bridgehead atoms. The van der Waals surface area contributed by atoms with Crippen LogP contribution in [0.5, 0.6) is 5.75 Å². The second-order valence-corrected chi connectivity index (χ2v) is 5.47. The first-order valence-electron chi connectivity index (χ1n) is 8.18. The second kappa shape index (κ2) is 16.5. The lowest BCUT2D eigenvalue weighted by Crippen LogP contribution is -1.96. The first-order valence-corrected chi connectivity index (χ1v) is 8.18. The predicted octanol–water partition coefficient (Wildman–Crippen LogP) is 4.00. The molecule has 2 unspecified atom stereocenters. The van der Waals surface area contributed by atoms with Gasteiger partial charge in [0.2, 0.25) is 0 Å². The van der Waals surface area contributed by atoms with Crippen molar-refractivity contribution in [1.82, 2.24) is 0 Å². The van der Waals surface area contributed by atoms with E-state index in [1.165, 1.54) is 16.7 Å². The quantitative estimate of drug-likeness (QED) is 0.710. The van der Waals surface area contributed by atoms with Crippen LogP contribution in [0.2, 0.25) is 0 Å². The molecule has 0 aliphatic heterocycles. The van der Waals surface area contributed by atoms with Gasteiger partial charge < -0.3 is 14.9 Å². The summed E-state index contributed by atoms with van der Waals surface area (Å²) >= 11 is 0. The molecule has 0 saturated carbocycles. The third-order valence-corrected chi connectivity index (χ3v) is 3.30. The Morgan fingerprint density at radius 1 is 0.800 bits per heavy atom. The number of hydrogen-bond acceptors (Lipinski definition) is 3. The van der Waals surface area contributed by atoms with Gasteiger partial charge in [-0.2, -0.15) is 19.8 Å². The molecule has 2 atom stereocenters. The molecule has 25 heavy (non-hydrogen) atoms. The Morgan fingerprint density at radius 3 is 1.80 bits per heavy atom. The summed E-state index contributed by atoms with van der Waals surface area (Å²) in [4.78, 5) is 0. The van der Waals surface area contributed by atoms with Gasteiger partial charge in [-0.25, -0.2) is 0 Å². The highest BCUT2D eigenvalue weighted by Gasteiger charge is 1.97. The molecule has 0 fully saturated rings. The first kappa shape index (κ1) is 26.3. The summed E-state index contributed by atoms with van der Waals surface area (Å²) in [6.07, 6.45) is 2.60. The average molecular weight is 384 g/mol. The molecule has 0 aromatic heterocycles. The lowest BCUT2D eigenvalue weighted by Gasteiger charge is -2.07. The van der Waals surface area contributed by atoms with Gasteiger partial charge in [0.25, 0.3) is 0 Å². The molecule has 2 aromatic carbocycles. The zero-order chi connectivity index (χ0) is 16.9. The Morgan fingerprint density at radius 2 is 1.32 bits per heavy atom. The Balaban J connectivity index is 0. The normalized spacial score (nSPS) is 9.12. The number of ether oxygens (including phenoxy) is 1. The summed E-state index contributed by atoms with van der Waals surface area (Å²) in [5.74, 6) is 0.883. The minimum atomic E-state index is 0. The molecule has 2 rings (SSSR count). The van der Waals surface area contributed by atoms with Crippen molar-refractivity contribution in [1.29, 1.82) is 0 Å². The third-order valence-electron chi connectivity index (χ3n) is 3.30. The Labute approximate surface area is 159 Å². The zero-order valence-corrected chi connectivity index (χ0v) is 18.4. The van der Waals surface area contributed by atoms with Crippen LogP contribution < -0.4 is 4.74 Å². The highest BCUT2D eigenvalue weighted by atomic mass is 31.0. The van der Waals surface area contributed by atoms with Crippen LogP contribution >= 0.6 is 19.8 Å². The maximum atomic E-state index is 8.79. The minimum Gasteiger partial charge on any atom is -0.489 e. The largest absolute Gasteiger partial charge is 0.489 e. The highest BCUT2D eigenvalue weighted by Crippen LogP contribution is 2.15. The van der Waals surface area contributed by atoms with Crippen LogP contribution in [0.4, 0.5) is 0 Å². The summed E-state index contributed by atoms with van der Waals surface area (Å²) in [6.45, 7) is 5.16. The van der Waals surface area contributed by atoms with Gasteiger partial charge in [0.1, 0.15) is 12.4 Å². The molecule has 3 nitrogen and oxygen atoms in total. The van der Waals surface area contributed by atoms with E-state index in [4.69, 9.17) is 14.9 Å². The predicted molar refractivity (Wildman–Crippen MR) is 117 cm³/mol. The zero-order valence-electron chi connectivity index (χ0n) is 15.6. The summed E-state index contributed by atoms with van der Waals surface area (Å²) in [5.41, 5.74) is 3.67. The van der Waals surface area contributed by atoms with Crippen molar-refractivity contribution < 1.29 is 14.9 Å². The van der Waals surface area contributed by atoms with Gasteiger partial charge in [-0.1, -0.05) is 48.9 Å². The molecule has 0 heterocycles. The van der Waals surface area contributed by atoms with Gasteiger partial charge in [-0.05, 0) is 49.4 Å². The molecule has 5 heteroatoms. The molecule has 0 radical (unpaired) electrons. The fourth-order valence-electron chi connectivity index (χ4n) is 1.89.